The zero-order chi connectivity index (χ0) is 22.8. The van der Waals surface area contributed by atoms with Gasteiger partial charge in [-0.15, -0.1) is 0 Å². The summed E-state index contributed by atoms with van der Waals surface area (Å²) < 4.78 is 30.6. The molecule has 0 aliphatic heterocycles. The van der Waals surface area contributed by atoms with Crippen molar-refractivity contribution in [2.24, 2.45) is 0 Å². The van der Waals surface area contributed by atoms with Crippen LogP contribution in [0.1, 0.15) is 35.6 Å². The number of fused-ring (bicyclic) bond motifs is 1. The normalized spacial score (nSPS) is 12.8. The smallest absolute Gasteiger partial charge is 0.241 e. The number of aromatic nitrogens is 2. The lowest BCUT2D eigenvalue weighted by Gasteiger charge is -2.19. The predicted octanol–water partition coefficient (Wildman–Crippen LogP) is 3.14. The molecule has 1 heterocycles. The molecular formula is C23H30N4O3S. The third-order valence-corrected chi connectivity index (χ3v) is 7.51. The highest BCUT2D eigenvalue weighted by Crippen LogP contribution is 2.26. The molecular weight excluding hydrogens is 412 g/mol. The Hall–Kier alpha value is -2.71. The lowest BCUT2D eigenvalue weighted by atomic mass is 10.0. The summed E-state index contributed by atoms with van der Waals surface area (Å²) in [4.78, 5) is 17.1. The average Bonchev–Trinajstić information content (AvgIpc) is 3.12. The highest BCUT2D eigenvalue weighted by molar-refractivity contribution is 7.89. The van der Waals surface area contributed by atoms with Crippen LogP contribution in [0.3, 0.4) is 0 Å². The Morgan fingerprint density at radius 2 is 1.74 bits per heavy atom. The van der Waals surface area contributed by atoms with E-state index in [0.29, 0.717) is 30.6 Å². The Morgan fingerprint density at radius 3 is 2.42 bits per heavy atom. The Labute approximate surface area is 183 Å². The van der Waals surface area contributed by atoms with E-state index >= 15 is 0 Å². The third kappa shape index (κ3) is 4.97. The molecule has 8 heteroatoms. The third-order valence-electron chi connectivity index (χ3n) is 5.69. The van der Waals surface area contributed by atoms with E-state index in [9.17, 15) is 13.2 Å². The van der Waals surface area contributed by atoms with Crippen molar-refractivity contribution in [3.63, 3.8) is 0 Å². The fourth-order valence-electron chi connectivity index (χ4n) is 3.73. The molecule has 1 atom stereocenters. The molecule has 7 nitrogen and oxygen atoms in total. The van der Waals surface area contributed by atoms with Gasteiger partial charge in [0, 0.05) is 13.1 Å². The minimum Gasteiger partial charge on any atom is -0.355 e. The van der Waals surface area contributed by atoms with Gasteiger partial charge in [0.1, 0.15) is 0 Å². The van der Waals surface area contributed by atoms with Crippen LogP contribution in [0.5, 0.6) is 0 Å². The second-order valence-corrected chi connectivity index (χ2v) is 9.65. The van der Waals surface area contributed by atoms with Gasteiger partial charge >= 0.3 is 0 Å². The summed E-state index contributed by atoms with van der Waals surface area (Å²) in [5, 5.41) is 2.82. The maximum atomic E-state index is 13.0. The first-order chi connectivity index (χ1) is 14.6. The lowest BCUT2D eigenvalue weighted by molar-refractivity contribution is -0.122. The standard InChI is InChI=1S/C23H30N4O3S/c1-15-13-16(2)18(4)22(17(15)3)31(29,30)26-19(5)23(28)24-11-8-12-27-14-25-20-9-6-7-10-21(20)27/h6-7,9-10,13-14,19,26H,8,11-12H2,1-5H3,(H,24,28)/t19-/m0/s1. The Morgan fingerprint density at radius 1 is 1.10 bits per heavy atom. The molecule has 2 aromatic carbocycles. The van der Waals surface area contributed by atoms with E-state index in [-0.39, 0.29) is 10.8 Å². The molecule has 3 aromatic rings. The molecule has 0 aliphatic carbocycles. The molecule has 166 valence electrons. The summed E-state index contributed by atoms with van der Waals surface area (Å²) in [6, 6.07) is 8.98. The Kier molecular flexibility index (Phi) is 6.81. The van der Waals surface area contributed by atoms with Gasteiger partial charge in [0.2, 0.25) is 15.9 Å². The minimum atomic E-state index is -3.82. The topological polar surface area (TPSA) is 93.1 Å². The number of nitrogens with zero attached hydrogens (tertiary/aromatic N) is 2. The quantitative estimate of drug-likeness (QED) is 0.524. The van der Waals surface area contributed by atoms with Gasteiger partial charge < -0.3 is 9.88 Å². The van der Waals surface area contributed by atoms with Gasteiger partial charge in [-0.1, -0.05) is 18.2 Å². The molecule has 2 N–H and O–H groups in total. The molecule has 1 amide bonds. The van der Waals surface area contributed by atoms with Crippen LogP contribution in [0.15, 0.2) is 41.6 Å². The van der Waals surface area contributed by atoms with E-state index in [4.69, 9.17) is 0 Å². The van der Waals surface area contributed by atoms with E-state index in [1.165, 1.54) is 0 Å². The number of benzene rings is 2. The highest BCUT2D eigenvalue weighted by Gasteiger charge is 2.26. The van der Waals surface area contributed by atoms with Gasteiger partial charge in [-0.25, -0.2) is 13.4 Å². The first-order valence-electron chi connectivity index (χ1n) is 10.4. The summed E-state index contributed by atoms with van der Waals surface area (Å²) in [7, 11) is -3.82. The largest absolute Gasteiger partial charge is 0.355 e. The predicted molar refractivity (Wildman–Crippen MR) is 123 cm³/mol. The maximum absolute atomic E-state index is 13.0. The molecule has 0 fully saturated rings. The summed E-state index contributed by atoms with van der Waals surface area (Å²) in [6.07, 6.45) is 2.50. The molecule has 3 rings (SSSR count). The number of nitrogens with one attached hydrogen (secondary N) is 2. The number of para-hydroxylation sites is 2. The van der Waals surface area contributed by atoms with Gasteiger partial charge in [0.25, 0.3) is 0 Å². The molecule has 0 spiro atoms. The molecule has 31 heavy (non-hydrogen) atoms. The lowest BCUT2D eigenvalue weighted by Crippen LogP contribution is -2.45. The van der Waals surface area contributed by atoms with Crippen LogP contribution in [0, 0.1) is 27.7 Å². The number of hydrogen-bond donors (Lipinski definition) is 2. The molecule has 0 aliphatic rings. The molecule has 0 bridgehead atoms. The van der Waals surface area contributed by atoms with Gasteiger partial charge in [-0.05, 0) is 75.4 Å². The van der Waals surface area contributed by atoms with E-state index in [1.807, 2.05) is 48.7 Å². The van der Waals surface area contributed by atoms with Crippen LogP contribution >= 0.6 is 0 Å². The average molecular weight is 443 g/mol. The summed E-state index contributed by atoms with van der Waals surface area (Å²) in [5.74, 6) is -0.348. The highest BCUT2D eigenvalue weighted by atomic mass is 32.2. The van der Waals surface area contributed by atoms with Crippen LogP contribution in [-0.2, 0) is 21.4 Å². The van der Waals surface area contributed by atoms with Crippen LogP contribution in [0.2, 0.25) is 0 Å². The van der Waals surface area contributed by atoms with Gasteiger partial charge in [0.15, 0.2) is 0 Å². The van der Waals surface area contributed by atoms with E-state index in [0.717, 1.165) is 22.2 Å². The number of imidazole rings is 1. The monoisotopic (exact) mass is 442 g/mol. The molecule has 0 saturated heterocycles. The summed E-state index contributed by atoms with van der Waals surface area (Å²) in [5.41, 5.74) is 5.22. The van der Waals surface area contributed by atoms with Gasteiger partial charge in [-0.2, -0.15) is 4.72 Å². The minimum absolute atomic E-state index is 0.261. The summed E-state index contributed by atoms with van der Waals surface area (Å²) in [6.45, 7) is 10.1. The van der Waals surface area contributed by atoms with E-state index in [1.54, 1.807) is 27.1 Å². The molecule has 1 aromatic heterocycles. The molecule has 0 unspecified atom stereocenters. The van der Waals surface area contributed by atoms with Gasteiger partial charge in [-0.3, -0.25) is 4.79 Å². The Balaban J connectivity index is 1.58. The van der Waals surface area contributed by atoms with Crippen molar-refractivity contribution in [1.82, 2.24) is 19.6 Å². The van der Waals surface area contributed by atoms with E-state index in [2.05, 4.69) is 15.0 Å². The van der Waals surface area contributed by atoms with Crippen LogP contribution in [-0.4, -0.2) is 36.5 Å². The van der Waals surface area contributed by atoms with Crippen LogP contribution < -0.4 is 10.0 Å². The number of carbonyl (C=O) groups is 1. The van der Waals surface area contributed by atoms with Crippen molar-refractivity contribution in [1.29, 1.82) is 0 Å². The second-order valence-electron chi connectivity index (χ2n) is 8.00. The zero-order valence-electron chi connectivity index (χ0n) is 18.7. The SMILES string of the molecule is Cc1cc(C)c(C)c(S(=O)(=O)N[C@@H](C)C(=O)NCCCn2cnc3ccccc32)c1C. The van der Waals surface area contributed by atoms with Crippen molar-refractivity contribution in [2.75, 3.05) is 6.54 Å². The van der Waals surface area contributed by atoms with Gasteiger partial charge in [0.05, 0.1) is 28.3 Å². The van der Waals surface area contributed by atoms with Crippen molar-refractivity contribution in [2.45, 2.75) is 58.5 Å². The first-order valence-corrected chi connectivity index (χ1v) is 11.9. The summed E-state index contributed by atoms with van der Waals surface area (Å²) >= 11 is 0. The van der Waals surface area contributed by atoms with Crippen molar-refractivity contribution in [3.8, 4) is 0 Å². The Bertz CT molecular complexity index is 1190. The van der Waals surface area contributed by atoms with E-state index < -0.39 is 16.1 Å². The number of carbonyl (C=O) groups excluding carboxylic acids is 1. The van der Waals surface area contributed by atoms with Crippen molar-refractivity contribution < 1.29 is 13.2 Å². The van der Waals surface area contributed by atoms with Crippen LogP contribution in [0.4, 0.5) is 0 Å². The van der Waals surface area contributed by atoms with Crippen LogP contribution in [0.25, 0.3) is 11.0 Å². The number of rotatable bonds is 8. The van der Waals surface area contributed by atoms with Crippen molar-refractivity contribution in [3.05, 3.63) is 58.9 Å². The number of amides is 1. The fraction of sp³-hybridized carbons (Fsp3) is 0.391. The van der Waals surface area contributed by atoms with Crippen molar-refractivity contribution >= 4 is 27.0 Å². The fourth-order valence-corrected chi connectivity index (χ4v) is 5.55. The molecule has 0 radical (unpaired) electrons. The first kappa shape index (κ1) is 23.0. The zero-order valence-corrected chi connectivity index (χ0v) is 19.5. The number of aryl methyl sites for hydroxylation is 3. The number of hydrogen-bond acceptors (Lipinski definition) is 4. The molecule has 0 saturated carbocycles. The maximum Gasteiger partial charge on any atom is 0.241 e. The number of sulfonamides is 1. The second kappa shape index (κ2) is 9.20.